The van der Waals surface area contributed by atoms with Crippen LogP contribution in [-0.2, 0) is 0 Å². The van der Waals surface area contributed by atoms with E-state index in [1.54, 1.807) is 0 Å². The zero-order valence-corrected chi connectivity index (χ0v) is 12.2. The fraction of sp³-hybridized carbons (Fsp3) is 1.00. The molecule has 3 atom stereocenters. The lowest BCUT2D eigenvalue weighted by molar-refractivity contribution is 0.0910. The van der Waals surface area contributed by atoms with Crippen LogP contribution in [0, 0.1) is 17.8 Å². The molecule has 1 aliphatic heterocycles. The summed E-state index contributed by atoms with van der Waals surface area (Å²) < 4.78 is 0. The van der Waals surface area contributed by atoms with Crippen molar-refractivity contribution in [2.24, 2.45) is 17.8 Å². The third-order valence-electron chi connectivity index (χ3n) is 5.17. The van der Waals surface area contributed by atoms with Gasteiger partial charge in [0.15, 0.2) is 0 Å². The van der Waals surface area contributed by atoms with Crippen molar-refractivity contribution in [3.05, 3.63) is 0 Å². The lowest BCUT2D eigenvalue weighted by Gasteiger charge is -2.42. The SMILES string of the molecule is CCCC(C)CN1CC(C2CC2)NCC1C1CC1. The summed E-state index contributed by atoms with van der Waals surface area (Å²) >= 11 is 0. The van der Waals surface area contributed by atoms with E-state index in [1.165, 1.54) is 58.2 Å². The van der Waals surface area contributed by atoms with Gasteiger partial charge in [0, 0.05) is 31.7 Å². The first kappa shape index (κ1) is 12.9. The van der Waals surface area contributed by atoms with Crippen LogP contribution in [0.15, 0.2) is 0 Å². The largest absolute Gasteiger partial charge is 0.311 e. The summed E-state index contributed by atoms with van der Waals surface area (Å²) in [6.07, 6.45) is 8.66. The molecule has 3 fully saturated rings. The van der Waals surface area contributed by atoms with E-state index >= 15 is 0 Å². The number of nitrogens with one attached hydrogen (secondary N) is 1. The quantitative estimate of drug-likeness (QED) is 0.780. The van der Waals surface area contributed by atoms with Gasteiger partial charge in [-0.15, -0.1) is 0 Å². The van der Waals surface area contributed by atoms with Gasteiger partial charge < -0.3 is 5.32 Å². The van der Waals surface area contributed by atoms with Crippen molar-refractivity contribution < 1.29 is 0 Å². The average Bonchev–Trinajstić information content (AvgIpc) is 3.21. The van der Waals surface area contributed by atoms with Crippen LogP contribution in [0.4, 0.5) is 0 Å². The van der Waals surface area contributed by atoms with Gasteiger partial charge in [0.1, 0.15) is 0 Å². The van der Waals surface area contributed by atoms with E-state index in [2.05, 4.69) is 24.1 Å². The van der Waals surface area contributed by atoms with Crippen LogP contribution in [-0.4, -0.2) is 36.6 Å². The van der Waals surface area contributed by atoms with Gasteiger partial charge in [0.05, 0.1) is 0 Å². The Morgan fingerprint density at radius 1 is 1.17 bits per heavy atom. The highest BCUT2D eigenvalue weighted by molar-refractivity contribution is 4.99. The Labute approximate surface area is 113 Å². The first-order valence-electron chi connectivity index (χ1n) is 8.25. The summed E-state index contributed by atoms with van der Waals surface area (Å²) in [5.74, 6) is 2.91. The van der Waals surface area contributed by atoms with Crippen LogP contribution in [0.1, 0.15) is 52.4 Å². The molecular formula is C16H30N2. The third-order valence-corrected chi connectivity index (χ3v) is 5.17. The monoisotopic (exact) mass is 250 g/mol. The van der Waals surface area contributed by atoms with E-state index in [1.807, 2.05) is 0 Å². The summed E-state index contributed by atoms with van der Waals surface area (Å²) in [6, 6.07) is 1.67. The molecule has 2 aliphatic carbocycles. The number of nitrogens with zero attached hydrogens (tertiary/aromatic N) is 1. The minimum atomic E-state index is 0.814. The molecule has 0 spiro atoms. The first-order valence-corrected chi connectivity index (χ1v) is 8.25. The molecular weight excluding hydrogens is 220 g/mol. The van der Waals surface area contributed by atoms with Gasteiger partial charge in [-0.05, 0) is 49.9 Å². The molecule has 0 radical (unpaired) electrons. The van der Waals surface area contributed by atoms with E-state index in [0.29, 0.717) is 0 Å². The van der Waals surface area contributed by atoms with Gasteiger partial charge >= 0.3 is 0 Å². The van der Waals surface area contributed by atoms with Crippen LogP contribution in [0.2, 0.25) is 0 Å². The van der Waals surface area contributed by atoms with Crippen molar-refractivity contribution >= 4 is 0 Å². The molecule has 0 bridgehead atoms. The highest BCUT2D eigenvalue weighted by atomic mass is 15.2. The molecule has 0 aromatic heterocycles. The Morgan fingerprint density at radius 2 is 1.89 bits per heavy atom. The highest BCUT2D eigenvalue weighted by Crippen LogP contribution is 2.39. The smallest absolute Gasteiger partial charge is 0.0249 e. The number of hydrogen-bond donors (Lipinski definition) is 1. The second-order valence-corrected chi connectivity index (χ2v) is 7.10. The zero-order chi connectivity index (χ0) is 12.5. The third kappa shape index (κ3) is 3.08. The van der Waals surface area contributed by atoms with Crippen molar-refractivity contribution in [3.63, 3.8) is 0 Å². The molecule has 0 amide bonds. The van der Waals surface area contributed by atoms with E-state index in [4.69, 9.17) is 0 Å². The predicted octanol–water partition coefficient (Wildman–Crippen LogP) is 2.89. The molecule has 1 N–H and O–H groups in total. The van der Waals surface area contributed by atoms with Gasteiger partial charge in [-0.2, -0.15) is 0 Å². The van der Waals surface area contributed by atoms with Crippen molar-refractivity contribution in [1.29, 1.82) is 0 Å². The van der Waals surface area contributed by atoms with Crippen LogP contribution in [0.5, 0.6) is 0 Å². The molecule has 3 unspecified atom stereocenters. The highest BCUT2D eigenvalue weighted by Gasteiger charge is 2.42. The Kier molecular flexibility index (Phi) is 3.95. The maximum Gasteiger partial charge on any atom is 0.0249 e. The van der Waals surface area contributed by atoms with Crippen molar-refractivity contribution in [2.75, 3.05) is 19.6 Å². The Hall–Kier alpha value is -0.0800. The maximum atomic E-state index is 3.85. The molecule has 0 aromatic rings. The van der Waals surface area contributed by atoms with Crippen LogP contribution < -0.4 is 5.32 Å². The second-order valence-electron chi connectivity index (χ2n) is 7.10. The zero-order valence-electron chi connectivity index (χ0n) is 12.2. The van der Waals surface area contributed by atoms with E-state index in [-0.39, 0.29) is 0 Å². The molecule has 3 aliphatic rings. The Bertz CT molecular complexity index is 270. The van der Waals surface area contributed by atoms with Crippen molar-refractivity contribution in [2.45, 2.75) is 64.5 Å². The molecule has 18 heavy (non-hydrogen) atoms. The fourth-order valence-corrected chi connectivity index (χ4v) is 3.81. The van der Waals surface area contributed by atoms with Gasteiger partial charge in [-0.3, -0.25) is 4.90 Å². The molecule has 0 aromatic carbocycles. The average molecular weight is 250 g/mol. The van der Waals surface area contributed by atoms with Crippen LogP contribution in [0.3, 0.4) is 0 Å². The lowest BCUT2D eigenvalue weighted by Crippen LogP contribution is -2.58. The Morgan fingerprint density at radius 3 is 2.50 bits per heavy atom. The number of hydrogen-bond acceptors (Lipinski definition) is 2. The standard InChI is InChI=1S/C16H30N2/c1-3-4-12(2)10-18-11-15(13-5-6-13)17-9-16(18)14-7-8-14/h12-17H,3-11H2,1-2H3. The molecule has 2 heteroatoms. The van der Waals surface area contributed by atoms with Gasteiger partial charge in [-0.1, -0.05) is 20.3 Å². The first-order chi connectivity index (χ1) is 8.78. The molecule has 1 saturated heterocycles. The summed E-state index contributed by atoms with van der Waals surface area (Å²) in [6.45, 7) is 8.71. The van der Waals surface area contributed by atoms with E-state index < -0.39 is 0 Å². The summed E-state index contributed by atoms with van der Waals surface area (Å²) in [7, 11) is 0. The topological polar surface area (TPSA) is 15.3 Å². The molecule has 3 rings (SSSR count). The minimum Gasteiger partial charge on any atom is -0.311 e. The van der Waals surface area contributed by atoms with Gasteiger partial charge in [-0.25, -0.2) is 0 Å². The lowest BCUT2D eigenvalue weighted by atomic mass is 9.98. The van der Waals surface area contributed by atoms with Gasteiger partial charge in [0.25, 0.3) is 0 Å². The minimum absolute atomic E-state index is 0.814. The van der Waals surface area contributed by atoms with E-state index in [9.17, 15) is 0 Å². The van der Waals surface area contributed by atoms with Crippen molar-refractivity contribution in [1.82, 2.24) is 10.2 Å². The number of rotatable bonds is 6. The summed E-state index contributed by atoms with van der Waals surface area (Å²) in [5, 5.41) is 3.85. The van der Waals surface area contributed by atoms with Crippen LogP contribution in [0.25, 0.3) is 0 Å². The maximum absolute atomic E-state index is 3.85. The predicted molar refractivity (Wildman–Crippen MR) is 76.7 cm³/mol. The van der Waals surface area contributed by atoms with Crippen LogP contribution >= 0.6 is 0 Å². The summed E-state index contributed by atoms with van der Waals surface area (Å²) in [5.41, 5.74) is 0. The van der Waals surface area contributed by atoms with E-state index in [0.717, 1.165) is 29.8 Å². The number of piperazine rings is 1. The fourth-order valence-electron chi connectivity index (χ4n) is 3.81. The summed E-state index contributed by atoms with van der Waals surface area (Å²) in [4.78, 5) is 2.86. The molecule has 1 heterocycles. The Balaban J connectivity index is 1.57. The normalized spacial score (nSPS) is 35.7. The van der Waals surface area contributed by atoms with Gasteiger partial charge in [0.2, 0.25) is 0 Å². The van der Waals surface area contributed by atoms with Crippen molar-refractivity contribution in [3.8, 4) is 0 Å². The second kappa shape index (κ2) is 5.50. The molecule has 2 nitrogen and oxygen atoms in total. The molecule has 2 saturated carbocycles. The molecule has 104 valence electrons.